The molecule has 1 amide bonds. The van der Waals surface area contributed by atoms with Gasteiger partial charge in [0, 0.05) is 25.5 Å². The molecular formula is C16H25N5O2. The molecule has 2 aromatic rings. The van der Waals surface area contributed by atoms with Crippen LogP contribution in [0, 0.1) is 0 Å². The Hall–Kier alpha value is -2.31. The van der Waals surface area contributed by atoms with E-state index in [0.717, 1.165) is 17.0 Å². The largest absolute Gasteiger partial charge is 0.444 e. The van der Waals surface area contributed by atoms with E-state index in [9.17, 15) is 4.79 Å². The van der Waals surface area contributed by atoms with Crippen LogP contribution >= 0.6 is 0 Å². The van der Waals surface area contributed by atoms with Crippen LogP contribution < -0.4 is 10.6 Å². The van der Waals surface area contributed by atoms with Crippen LogP contribution in [0.2, 0.25) is 0 Å². The van der Waals surface area contributed by atoms with Gasteiger partial charge in [0.05, 0.1) is 5.69 Å². The van der Waals surface area contributed by atoms with Gasteiger partial charge < -0.3 is 15.4 Å². The number of aromatic nitrogens is 3. The Morgan fingerprint density at radius 1 is 1.35 bits per heavy atom. The number of hydrogen-bond acceptors (Lipinski definition) is 5. The monoisotopic (exact) mass is 319 g/mol. The Balaban J connectivity index is 1.91. The maximum Gasteiger partial charge on any atom is 0.407 e. The van der Waals surface area contributed by atoms with Crippen molar-refractivity contribution >= 4 is 17.4 Å². The normalized spacial score (nSPS) is 11.7. The maximum atomic E-state index is 11.6. The second-order valence-electron chi connectivity index (χ2n) is 6.69. The minimum atomic E-state index is -0.491. The van der Waals surface area contributed by atoms with E-state index in [2.05, 4.69) is 34.6 Å². The molecule has 0 aromatic carbocycles. The molecule has 23 heavy (non-hydrogen) atoms. The van der Waals surface area contributed by atoms with Gasteiger partial charge in [-0.1, -0.05) is 13.8 Å². The summed E-state index contributed by atoms with van der Waals surface area (Å²) in [5.41, 5.74) is 1.46. The van der Waals surface area contributed by atoms with Crippen molar-refractivity contribution in [3.63, 3.8) is 0 Å². The lowest BCUT2D eigenvalue weighted by molar-refractivity contribution is 0.0530. The molecule has 0 unspecified atom stereocenters. The fourth-order valence-corrected chi connectivity index (χ4v) is 2.02. The Labute approximate surface area is 136 Å². The summed E-state index contributed by atoms with van der Waals surface area (Å²) in [5.74, 6) is 1.11. The molecule has 0 aliphatic heterocycles. The van der Waals surface area contributed by atoms with E-state index < -0.39 is 11.7 Å². The van der Waals surface area contributed by atoms with E-state index in [0.29, 0.717) is 19.0 Å². The highest BCUT2D eigenvalue weighted by atomic mass is 16.6. The SMILES string of the molecule is CC(C)c1cc2c(NCCNC(=O)OC(C)(C)C)nccn2n1. The molecule has 0 spiro atoms. The van der Waals surface area contributed by atoms with Gasteiger partial charge in [0.25, 0.3) is 0 Å². The fraction of sp³-hybridized carbons (Fsp3) is 0.562. The first-order chi connectivity index (χ1) is 10.8. The van der Waals surface area contributed by atoms with E-state index in [1.165, 1.54) is 0 Å². The molecule has 0 aliphatic rings. The van der Waals surface area contributed by atoms with Crippen molar-refractivity contribution in [2.24, 2.45) is 0 Å². The van der Waals surface area contributed by atoms with Crippen LogP contribution in [0.4, 0.5) is 10.6 Å². The topological polar surface area (TPSA) is 80.5 Å². The van der Waals surface area contributed by atoms with E-state index in [1.54, 1.807) is 6.20 Å². The van der Waals surface area contributed by atoms with E-state index in [1.807, 2.05) is 37.5 Å². The molecule has 0 atom stereocenters. The zero-order chi connectivity index (χ0) is 17.0. The van der Waals surface area contributed by atoms with Gasteiger partial charge in [-0.3, -0.25) is 0 Å². The molecule has 2 heterocycles. The summed E-state index contributed by atoms with van der Waals surface area (Å²) < 4.78 is 6.99. The molecule has 0 aliphatic carbocycles. The number of anilines is 1. The highest BCUT2D eigenvalue weighted by Gasteiger charge is 2.15. The Morgan fingerprint density at radius 3 is 2.74 bits per heavy atom. The van der Waals surface area contributed by atoms with Gasteiger partial charge in [0.15, 0.2) is 5.82 Å². The third-order valence-electron chi connectivity index (χ3n) is 3.09. The third-order valence-corrected chi connectivity index (χ3v) is 3.09. The Morgan fingerprint density at radius 2 is 2.09 bits per heavy atom. The molecule has 2 aromatic heterocycles. The number of carbonyl (C=O) groups excluding carboxylic acids is 1. The van der Waals surface area contributed by atoms with Crippen LogP contribution in [0.5, 0.6) is 0 Å². The van der Waals surface area contributed by atoms with Crippen molar-refractivity contribution in [2.45, 2.75) is 46.1 Å². The maximum absolute atomic E-state index is 11.6. The van der Waals surface area contributed by atoms with Crippen molar-refractivity contribution in [2.75, 3.05) is 18.4 Å². The molecular weight excluding hydrogens is 294 g/mol. The molecule has 0 saturated heterocycles. The van der Waals surface area contributed by atoms with Gasteiger partial charge >= 0.3 is 6.09 Å². The second-order valence-corrected chi connectivity index (χ2v) is 6.69. The number of hydrogen-bond donors (Lipinski definition) is 2. The highest BCUT2D eigenvalue weighted by molar-refractivity contribution is 5.69. The first-order valence-corrected chi connectivity index (χ1v) is 7.81. The van der Waals surface area contributed by atoms with E-state index >= 15 is 0 Å². The number of carbonyl (C=O) groups is 1. The van der Waals surface area contributed by atoms with Crippen molar-refractivity contribution in [3.05, 3.63) is 24.2 Å². The number of rotatable bonds is 5. The van der Waals surface area contributed by atoms with Crippen LogP contribution in [0.1, 0.15) is 46.2 Å². The summed E-state index contributed by atoms with van der Waals surface area (Å²) in [6.07, 6.45) is 3.11. The van der Waals surface area contributed by atoms with Crippen molar-refractivity contribution in [1.82, 2.24) is 19.9 Å². The predicted octanol–water partition coefficient (Wildman–Crippen LogP) is 2.79. The molecule has 0 saturated carbocycles. The average Bonchev–Trinajstić information content (AvgIpc) is 2.86. The van der Waals surface area contributed by atoms with Crippen LogP contribution in [-0.4, -0.2) is 39.4 Å². The Kier molecular flexibility index (Phi) is 5.08. The summed E-state index contributed by atoms with van der Waals surface area (Å²) in [4.78, 5) is 15.9. The number of nitrogens with one attached hydrogen (secondary N) is 2. The van der Waals surface area contributed by atoms with Gasteiger partial charge in [0.2, 0.25) is 0 Å². The van der Waals surface area contributed by atoms with E-state index in [-0.39, 0.29) is 0 Å². The van der Waals surface area contributed by atoms with Gasteiger partial charge in [-0.2, -0.15) is 5.10 Å². The zero-order valence-corrected chi connectivity index (χ0v) is 14.4. The predicted molar refractivity (Wildman–Crippen MR) is 89.8 cm³/mol. The second kappa shape index (κ2) is 6.85. The van der Waals surface area contributed by atoms with Crippen LogP contribution in [-0.2, 0) is 4.74 Å². The molecule has 2 rings (SSSR count). The lowest BCUT2D eigenvalue weighted by Crippen LogP contribution is -2.35. The number of alkyl carbamates (subject to hydrolysis) is 1. The summed E-state index contributed by atoms with van der Waals surface area (Å²) in [7, 11) is 0. The number of amides is 1. The quantitative estimate of drug-likeness (QED) is 0.828. The summed E-state index contributed by atoms with van der Waals surface area (Å²) in [6, 6.07) is 2.03. The molecule has 0 bridgehead atoms. The van der Waals surface area contributed by atoms with Gasteiger partial charge in [0.1, 0.15) is 11.1 Å². The van der Waals surface area contributed by atoms with Crippen molar-refractivity contribution in [1.29, 1.82) is 0 Å². The molecule has 7 nitrogen and oxygen atoms in total. The van der Waals surface area contributed by atoms with Crippen LogP contribution in [0.15, 0.2) is 18.5 Å². The molecule has 126 valence electrons. The summed E-state index contributed by atoms with van der Waals surface area (Å²) >= 11 is 0. The van der Waals surface area contributed by atoms with Gasteiger partial charge in [-0.15, -0.1) is 0 Å². The molecule has 7 heteroatoms. The first kappa shape index (κ1) is 17.1. The lowest BCUT2D eigenvalue weighted by atomic mass is 10.1. The fourth-order valence-electron chi connectivity index (χ4n) is 2.02. The van der Waals surface area contributed by atoms with Gasteiger partial charge in [-0.05, 0) is 32.8 Å². The molecule has 0 fully saturated rings. The molecule has 2 N–H and O–H groups in total. The third kappa shape index (κ3) is 4.84. The standard InChI is InChI=1S/C16H25N5O2/c1-11(2)12-10-13-14(18-8-9-21(13)20-12)17-6-7-19-15(22)23-16(3,4)5/h8-11H,6-7H2,1-5H3,(H,17,18)(H,19,22). The summed E-state index contributed by atoms with van der Waals surface area (Å²) in [5, 5.41) is 10.4. The number of nitrogens with zero attached hydrogens (tertiary/aromatic N) is 3. The summed E-state index contributed by atoms with van der Waals surface area (Å²) in [6.45, 7) is 10.7. The highest BCUT2D eigenvalue weighted by Crippen LogP contribution is 2.19. The first-order valence-electron chi connectivity index (χ1n) is 7.81. The van der Waals surface area contributed by atoms with Crippen molar-refractivity contribution in [3.8, 4) is 0 Å². The minimum absolute atomic E-state index is 0.358. The molecule has 0 radical (unpaired) electrons. The average molecular weight is 319 g/mol. The zero-order valence-electron chi connectivity index (χ0n) is 14.4. The van der Waals surface area contributed by atoms with Gasteiger partial charge in [-0.25, -0.2) is 14.3 Å². The Bertz CT molecular complexity index is 673. The van der Waals surface area contributed by atoms with Crippen LogP contribution in [0.25, 0.3) is 5.52 Å². The minimum Gasteiger partial charge on any atom is -0.444 e. The number of fused-ring (bicyclic) bond motifs is 1. The van der Waals surface area contributed by atoms with Crippen LogP contribution in [0.3, 0.4) is 0 Å². The van der Waals surface area contributed by atoms with Crippen molar-refractivity contribution < 1.29 is 9.53 Å². The number of ether oxygens (including phenoxy) is 1. The van der Waals surface area contributed by atoms with E-state index in [4.69, 9.17) is 4.74 Å². The smallest absolute Gasteiger partial charge is 0.407 e. The lowest BCUT2D eigenvalue weighted by Gasteiger charge is -2.19.